The number of sulfonamides is 1. The van der Waals surface area contributed by atoms with Crippen LogP contribution in [0.25, 0.3) is 0 Å². The van der Waals surface area contributed by atoms with Crippen molar-refractivity contribution in [2.45, 2.75) is 25.2 Å². The Hall–Kier alpha value is -1.51. The van der Waals surface area contributed by atoms with Gasteiger partial charge in [0, 0.05) is 18.0 Å². The second-order valence-corrected chi connectivity index (χ2v) is 8.83. The summed E-state index contributed by atoms with van der Waals surface area (Å²) in [6.07, 6.45) is -0.0834. The number of hydrogen-bond acceptors (Lipinski definition) is 4. The van der Waals surface area contributed by atoms with E-state index in [1.807, 2.05) is 13.8 Å². The smallest absolute Gasteiger partial charge is 0.240 e. The summed E-state index contributed by atoms with van der Waals surface area (Å²) < 4.78 is 26.9. The SMILES string of the molecule is Cc1ccc(S(=O)(=O)NCCC(=O)NNc2c(Cl)cc(Cl)cc2Cl)cc1C. The van der Waals surface area contributed by atoms with Crippen molar-refractivity contribution in [1.82, 2.24) is 10.1 Å². The lowest BCUT2D eigenvalue weighted by Gasteiger charge is -2.12. The molecule has 6 nitrogen and oxygen atoms in total. The molecule has 0 heterocycles. The van der Waals surface area contributed by atoms with E-state index in [1.54, 1.807) is 12.1 Å². The quantitative estimate of drug-likeness (QED) is 0.555. The fourth-order valence-electron chi connectivity index (χ4n) is 2.12. The molecule has 3 N–H and O–H groups in total. The Balaban J connectivity index is 1.88. The fourth-order valence-corrected chi connectivity index (χ4v) is 4.15. The zero-order chi connectivity index (χ0) is 20.2. The molecule has 27 heavy (non-hydrogen) atoms. The number of aryl methyl sites for hydroxylation is 2. The molecule has 10 heteroatoms. The molecule has 0 atom stereocenters. The Morgan fingerprint density at radius 1 is 1.00 bits per heavy atom. The highest BCUT2D eigenvalue weighted by molar-refractivity contribution is 7.89. The highest BCUT2D eigenvalue weighted by Crippen LogP contribution is 2.33. The predicted octanol–water partition coefficient (Wildman–Crippen LogP) is 4.08. The van der Waals surface area contributed by atoms with Gasteiger partial charge in [0.2, 0.25) is 15.9 Å². The van der Waals surface area contributed by atoms with Gasteiger partial charge in [-0.15, -0.1) is 0 Å². The lowest BCUT2D eigenvalue weighted by molar-refractivity contribution is -0.120. The predicted molar refractivity (Wildman–Crippen MR) is 109 cm³/mol. The van der Waals surface area contributed by atoms with Gasteiger partial charge in [-0.25, -0.2) is 13.1 Å². The van der Waals surface area contributed by atoms with Crippen molar-refractivity contribution < 1.29 is 13.2 Å². The number of rotatable bonds is 7. The third kappa shape index (κ3) is 5.99. The van der Waals surface area contributed by atoms with E-state index >= 15 is 0 Å². The van der Waals surface area contributed by atoms with Crippen molar-refractivity contribution in [3.05, 3.63) is 56.5 Å². The van der Waals surface area contributed by atoms with E-state index < -0.39 is 15.9 Å². The van der Waals surface area contributed by atoms with Crippen molar-refractivity contribution in [2.75, 3.05) is 12.0 Å². The van der Waals surface area contributed by atoms with Crippen LogP contribution in [0, 0.1) is 13.8 Å². The molecule has 2 aromatic carbocycles. The van der Waals surface area contributed by atoms with Gasteiger partial charge in [0.15, 0.2) is 0 Å². The maximum atomic E-state index is 12.3. The summed E-state index contributed by atoms with van der Waals surface area (Å²) in [6, 6.07) is 7.79. The van der Waals surface area contributed by atoms with Crippen molar-refractivity contribution in [2.24, 2.45) is 0 Å². The van der Waals surface area contributed by atoms with Crippen LogP contribution >= 0.6 is 34.8 Å². The Labute approximate surface area is 173 Å². The van der Waals surface area contributed by atoms with Crippen molar-refractivity contribution in [3.63, 3.8) is 0 Å². The van der Waals surface area contributed by atoms with Gasteiger partial charge in [0.25, 0.3) is 0 Å². The summed E-state index contributed by atoms with van der Waals surface area (Å²) in [6.45, 7) is 3.67. The first-order valence-corrected chi connectivity index (χ1v) is 10.5. The van der Waals surface area contributed by atoms with E-state index in [4.69, 9.17) is 34.8 Å². The first-order chi connectivity index (χ1) is 12.6. The highest BCUT2D eigenvalue weighted by Gasteiger charge is 2.15. The fraction of sp³-hybridized carbons (Fsp3) is 0.235. The van der Waals surface area contributed by atoms with E-state index in [2.05, 4.69) is 15.6 Å². The number of hydrogen-bond donors (Lipinski definition) is 3. The number of nitrogens with one attached hydrogen (secondary N) is 3. The standard InChI is InChI=1S/C17H18Cl3N3O3S/c1-10-3-4-13(7-11(10)2)27(25,26)21-6-5-16(24)22-23-17-14(19)8-12(18)9-15(17)20/h3-4,7-9,21,23H,5-6H2,1-2H3,(H,22,24). The molecule has 0 fully saturated rings. The summed E-state index contributed by atoms with van der Waals surface area (Å²) >= 11 is 17.8. The largest absolute Gasteiger partial charge is 0.296 e. The van der Waals surface area contributed by atoms with Gasteiger partial charge in [-0.1, -0.05) is 40.9 Å². The zero-order valence-electron chi connectivity index (χ0n) is 14.6. The summed E-state index contributed by atoms with van der Waals surface area (Å²) in [4.78, 5) is 12.1. The van der Waals surface area contributed by atoms with E-state index in [0.717, 1.165) is 11.1 Å². The van der Waals surface area contributed by atoms with Gasteiger partial charge in [-0.2, -0.15) is 0 Å². The Bertz CT molecular complexity index is 942. The molecule has 0 saturated heterocycles. The molecule has 2 rings (SSSR count). The summed E-state index contributed by atoms with van der Waals surface area (Å²) in [7, 11) is -3.69. The van der Waals surface area contributed by atoms with Crippen LogP contribution in [-0.2, 0) is 14.8 Å². The van der Waals surface area contributed by atoms with Crippen LogP contribution < -0.4 is 15.6 Å². The molecule has 0 spiro atoms. The average molecular weight is 451 g/mol. The van der Waals surface area contributed by atoms with Crippen LogP contribution in [-0.4, -0.2) is 20.9 Å². The Morgan fingerprint density at radius 3 is 2.22 bits per heavy atom. The van der Waals surface area contributed by atoms with E-state index in [0.29, 0.717) is 10.7 Å². The topological polar surface area (TPSA) is 87.3 Å². The second-order valence-electron chi connectivity index (χ2n) is 5.81. The highest BCUT2D eigenvalue weighted by atomic mass is 35.5. The molecule has 146 valence electrons. The Kier molecular flexibility index (Phi) is 7.36. The minimum absolute atomic E-state index is 0.0646. The van der Waals surface area contributed by atoms with Crippen molar-refractivity contribution >= 4 is 56.4 Å². The average Bonchev–Trinajstić information content (AvgIpc) is 2.56. The first kappa shape index (κ1) is 21.8. The molecule has 1 amide bonds. The van der Waals surface area contributed by atoms with Crippen LogP contribution in [0.5, 0.6) is 0 Å². The van der Waals surface area contributed by atoms with E-state index in [1.165, 1.54) is 18.2 Å². The third-order valence-corrected chi connectivity index (χ3v) is 6.04. The van der Waals surface area contributed by atoms with Gasteiger partial charge in [0.1, 0.15) is 0 Å². The van der Waals surface area contributed by atoms with Crippen LogP contribution in [0.15, 0.2) is 35.2 Å². The maximum absolute atomic E-state index is 12.3. The minimum atomic E-state index is -3.69. The monoisotopic (exact) mass is 449 g/mol. The molecule has 0 aliphatic carbocycles. The van der Waals surface area contributed by atoms with E-state index in [9.17, 15) is 13.2 Å². The number of benzene rings is 2. The molecule has 0 unspecified atom stereocenters. The van der Waals surface area contributed by atoms with Gasteiger partial charge < -0.3 is 0 Å². The van der Waals surface area contributed by atoms with Crippen molar-refractivity contribution in [1.29, 1.82) is 0 Å². The minimum Gasteiger partial charge on any atom is -0.296 e. The molecule has 2 aromatic rings. The second kappa shape index (κ2) is 9.12. The normalized spacial score (nSPS) is 11.3. The van der Waals surface area contributed by atoms with E-state index in [-0.39, 0.29) is 27.9 Å². The lowest BCUT2D eigenvalue weighted by Crippen LogP contribution is -2.33. The summed E-state index contributed by atoms with van der Waals surface area (Å²) in [5, 5.41) is 0.842. The summed E-state index contributed by atoms with van der Waals surface area (Å²) in [5.41, 5.74) is 7.18. The maximum Gasteiger partial charge on any atom is 0.240 e. The first-order valence-electron chi connectivity index (χ1n) is 7.86. The van der Waals surface area contributed by atoms with Gasteiger partial charge in [0.05, 0.1) is 20.6 Å². The summed E-state index contributed by atoms with van der Waals surface area (Å²) in [5.74, 6) is -0.445. The third-order valence-electron chi connectivity index (χ3n) is 3.77. The number of carbonyl (C=O) groups excluding carboxylic acids is 1. The van der Waals surface area contributed by atoms with Crippen LogP contribution in [0.4, 0.5) is 5.69 Å². The molecule has 0 aliphatic rings. The van der Waals surface area contributed by atoms with Crippen LogP contribution in [0.3, 0.4) is 0 Å². The number of amides is 1. The number of carbonyl (C=O) groups is 1. The zero-order valence-corrected chi connectivity index (χ0v) is 17.7. The molecule has 0 aliphatic heterocycles. The molecular weight excluding hydrogens is 433 g/mol. The number of halogens is 3. The number of hydrazine groups is 1. The molecular formula is C17H18Cl3N3O3S. The molecule has 0 radical (unpaired) electrons. The molecule has 0 saturated carbocycles. The van der Waals surface area contributed by atoms with Crippen LogP contribution in [0.2, 0.25) is 15.1 Å². The van der Waals surface area contributed by atoms with Gasteiger partial charge in [-0.3, -0.25) is 15.6 Å². The van der Waals surface area contributed by atoms with Gasteiger partial charge in [-0.05, 0) is 49.2 Å². The molecule has 0 aromatic heterocycles. The van der Waals surface area contributed by atoms with Crippen LogP contribution in [0.1, 0.15) is 17.5 Å². The molecule has 0 bridgehead atoms. The Morgan fingerprint density at radius 2 is 1.63 bits per heavy atom. The van der Waals surface area contributed by atoms with Gasteiger partial charge >= 0.3 is 0 Å². The van der Waals surface area contributed by atoms with Crippen molar-refractivity contribution in [3.8, 4) is 0 Å². The number of anilines is 1. The lowest BCUT2D eigenvalue weighted by atomic mass is 10.1.